The third kappa shape index (κ3) is 4.00. The van der Waals surface area contributed by atoms with Crippen LogP contribution in [0, 0.1) is 5.92 Å². The summed E-state index contributed by atoms with van der Waals surface area (Å²) in [5, 5.41) is 6.25. The SMILES string of the molecule is CC1CCC2(CC1)NC(=O)N(CC(=O)N1CCC(N3CCNCC3)C1)C2=O.Cl. The number of carbonyl (C=O) groups is 3. The first-order valence-electron chi connectivity index (χ1n) is 10.4. The van der Waals surface area contributed by atoms with E-state index in [1.165, 1.54) is 0 Å². The van der Waals surface area contributed by atoms with Crippen molar-refractivity contribution in [2.75, 3.05) is 45.8 Å². The molecular weight excluding hydrogens is 382 g/mol. The fourth-order valence-electron chi connectivity index (χ4n) is 4.96. The number of hydrogen-bond acceptors (Lipinski definition) is 5. The number of amides is 4. The van der Waals surface area contributed by atoms with Crippen LogP contribution in [0.1, 0.15) is 39.0 Å². The number of nitrogens with zero attached hydrogens (tertiary/aromatic N) is 3. The number of carbonyl (C=O) groups excluding carboxylic acids is 3. The van der Waals surface area contributed by atoms with Crippen LogP contribution in [0.2, 0.25) is 0 Å². The van der Waals surface area contributed by atoms with Crippen molar-refractivity contribution in [2.24, 2.45) is 5.92 Å². The monoisotopic (exact) mass is 413 g/mol. The zero-order valence-electron chi connectivity index (χ0n) is 16.6. The van der Waals surface area contributed by atoms with Gasteiger partial charge in [0.1, 0.15) is 12.1 Å². The number of urea groups is 1. The molecule has 4 aliphatic rings. The topological polar surface area (TPSA) is 85.0 Å². The molecule has 0 aromatic heterocycles. The lowest BCUT2D eigenvalue weighted by Gasteiger charge is -2.33. The Balaban J connectivity index is 0.00000225. The van der Waals surface area contributed by atoms with E-state index in [9.17, 15) is 14.4 Å². The predicted octanol–water partition coefficient (Wildman–Crippen LogP) is 0.415. The Morgan fingerprint density at radius 1 is 1.11 bits per heavy atom. The number of nitrogens with one attached hydrogen (secondary N) is 2. The molecule has 4 amide bonds. The molecule has 158 valence electrons. The maximum Gasteiger partial charge on any atom is 0.325 e. The first-order valence-corrected chi connectivity index (χ1v) is 10.4. The highest BCUT2D eigenvalue weighted by Crippen LogP contribution is 2.36. The first kappa shape index (κ1) is 21.3. The van der Waals surface area contributed by atoms with Crippen molar-refractivity contribution in [3.05, 3.63) is 0 Å². The number of likely N-dealkylation sites (tertiary alicyclic amines) is 1. The van der Waals surface area contributed by atoms with Crippen LogP contribution in [0.25, 0.3) is 0 Å². The van der Waals surface area contributed by atoms with Gasteiger partial charge in [-0.25, -0.2) is 4.79 Å². The Kier molecular flexibility index (Phi) is 6.51. The van der Waals surface area contributed by atoms with E-state index in [0.717, 1.165) is 50.3 Å². The summed E-state index contributed by atoms with van der Waals surface area (Å²) < 4.78 is 0. The Morgan fingerprint density at radius 3 is 2.46 bits per heavy atom. The highest BCUT2D eigenvalue weighted by atomic mass is 35.5. The molecule has 3 aliphatic heterocycles. The van der Waals surface area contributed by atoms with Gasteiger partial charge >= 0.3 is 6.03 Å². The molecule has 4 rings (SSSR count). The highest BCUT2D eigenvalue weighted by molar-refractivity contribution is 6.09. The van der Waals surface area contributed by atoms with Gasteiger partial charge in [0.2, 0.25) is 5.91 Å². The van der Waals surface area contributed by atoms with E-state index in [2.05, 4.69) is 22.5 Å². The van der Waals surface area contributed by atoms with Gasteiger partial charge in [0.15, 0.2) is 0 Å². The zero-order valence-corrected chi connectivity index (χ0v) is 17.4. The predicted molar refractivity (Wildman–Crippen MR) is 107 cm³/mol. The molecule has 0 aromatic carbocycles. The maximum absolute atomic E-state index is 12.9. The van der Waals surface area contributed by atoms with Gasteiger partial charge in [0.25, 0.3) is 5.91 Å². The number of imide groups is 1. The number of halogens is 1. The molecular formula is C19H32ClN5O3. The number of hydrogen-bond donors (Lipinski definition) is 2. The lowest BCUT2D eigenvalue weighted by atomic mass is 9.77. The van der Waals surface area contributed by atoms with Crippen LogP contribution < -0.4 is 10.6 Å². The fraction of sp³-hybridized carbons (Fsp3) is 0.842. The summed E-state index contributed by atoms with van der Waals surface area (Å²) in [6.07, 6.45) is 4.20. The largest absolute Gasteiger partial charge is 0.340 e. The number of piperazine rings is 1. The summed E-state index contributed by atoms with van der Waals surface area (Å²) in [4.78, 5) is 43.5. The first-order chi connectivity index (χ1) is 13.0. The minimum absolute atomic E-state index is 0. The molecule has 1 unspecified atom stereocenters. The van der Waals surface area contributed by atoms with Crippen molar-refractivity contribution < 1.29 is 14.4 Å². The molecule has 0 aromatic rings. The van der Waals surface area contributed by atoms with Crippen LogP contribution in [0.5, 0.6) is 0 Å². The van der Waals surface area contributed by atoms with Gasteiger partial charge in [0, 0.05) is 45.3 Å². The van der Waals surface area contributed by atoms with E-state index >= 15 is 0 Å². The Labute approximate surface area is 172 Å². The van der Waals surface area contributed by atoms with Crippen molar-refractivity contribution in [1.29, 1.82) is 0 Å². The molecule has 3 heterocycles. The van der Waals surface area contributed by atoms with Crippen LogP contribution in [-0.4, -0.2) is 89.9 Å². The van der Waals surface area contributed by atoms with E-state index in [1.54, 1.807) is 0 Å². The molecule has 1 spiro atoms. The summed E-state index contributed by atoms with van der Waals surface area (Å²) in [5.74, 6) is 0.269. The van der Waals surface area contributed by atoms with Gasteiger partial charge in [-0.3, -0.25) is 19.4 Å². The molecule has 9 heteroatoms. The van der Waals surface area contributed by atoms with E-state index in [4.69, 9.17) is 0 Å². The third-order valence-corrected chi connectivity index (χ3v) is 6.85. The second kappa shape index (κ2) is 8.55. The van der Waals surface area contributed by atoms with Crippen molar-refractivity contribution in [2.45, 2.75) is 50.6 Å². The van der Waals surface area contributed by atoms with Gasteiger partial charge < -0.3 is 15.5 Å². The smallest absolute Gasteiger partial charge is 0.325 e. The van der Waals surface area contributed by atoms with Crippen LogP contribution in [0.3, 0.4) is 0 Å². The molecule has 1 atom stereocenters. The molecule has 28 heavy (non-hydrogen) atoms. The molecule has 1 saturated carbocycles. The molecule has 1 aliphatic carbocycles. The maximum atomic E-state index is 12.9. The molecule has 0 radical (unpaired) electrons. The minimum Gasteiger partial charge on any atom is -0.340 e. The second-order valence-electron chi connectivity index (χ2n) is 8.65. The van der Waals surface area contributed by atoms with Gasteiger partial charge in [-0.1, -0.05) is 6.92 Å². The molecule has 2 N–H and O–H groups in total. The third-order valence-electron chi connectivity index (χ3n) is 6.85. The van der Waals surface area contributed by atoms with Crippen molar-refractivity contribution >= 4 is 30.3 Å². The standard InChI is InChI=1S/C19H31N5O3.ClH/c1-14-2-5-19(6-3-14)17(26)24(18(27)21-19)13-16(25)23-9-4-15(12-23)22-10-7-20-8-11-22;/h14-15,20H,2-13H2,1H3,(H,21,27);1H. The summed E-state index contributed by atoms with van der Waals surface area (Å²) in [6, 6.07) is -0.00825. The quantitative estimate of drug-likeness (QED) is 0.655. The van der Waals surface area contributed by atoms with Crippen LogP contribution >= 0.6 is 12.4 Å². The average molecular weight is 414 g/mol. The average Bonchev–Trinajstić information content (AvgIpc) is 3.25. The lowest BCUT2D eigenvalue weighted by molar-refractivity contribution is -0.139. The van der Waals surface area contributed by atoms with Gasteiger partial charge in [-0.2, -0.15) is 0 Å². The van der Waals surface area contributed by atoms with Crippen LogP contribution in [0.15, 0.2) is 0 Å². The minimum atomic E-state index is -0.766. The van der Waals surface area contributed by atoms with E-state index in [1.807, 2.05) is 4.90 Å². The zero-order chi connectivity index (χ0) is 19.0. The summed E-state index contributed by atoms with van der Waals surface area (Å²) >= 11 is 0. The molecule has 8 nitrogen and oxygen atoms in total. The number of rotatable bonds is 3. The van der Waals surface area contributed by atoms with Crippen molar-refractivity contribution in [3.8, 4) is 0 Å². The Morgan fingerprint density at radius 2 is 1.79 bits per heavy atom. The van der Waals surface area contributed by atoms with Crippen molar-refractivity contribution in [3.63, 3.8) is 0 Å². The summed E-state index contributed by atoms with van der Waals surface area (Å²) in [5.41, 5.74) is -0.766. The normalized spacial score (nSPS) is 33.9. The summed E-state index contributed by atoms with van der Waals surface area (Å²) in [7, 11) is 0. The summed E-state index contributed by atoms with van der Waals surface area (Å²) in [6.45, 7) is 7.47. The highest BCUT2D eigenvalue weighted by Gasteiger charge is 2.52. The molecule has 4 fully saturated rings. The van der Waals surface area contributed by atoms with Gasteiger partial charge in [-0.15, -0.1) is 12.4 Å². The molecule has 0 bridgehead atoms. The lowest BCUT2D eigenvalue weighted by Crippen LogP contribution is -2.50. The molecule has 3 saturated heterocycles. The van der Waals surface area contributed by atoms with E-state index in [0.29, 0.717) is 37.9 Å². The van der Waals surface area contributed by atoms with Crippen LogP contribution in [-0.2, 0) is 9.59 Å². The second-order valence-corrected chi connectivity index (χ2v) is 8.65. The van der Waals surface area contributed by atoms with Gasteiger partial charge in [-0.05, 0) is 38.0 Å². The van der Waals surface area contributed by atoms with E-state index in [-0.39, 0.29) is 30.8 Å². The van der Waals surface area contributed by atoms with E-state index < -0.39 is 11.6 Å². The Hall–Kier alpha value is -1.38. The van der Waals surface area contributed by atoms with Crippen molar-refractivity contribution in [1.82, 2.24) is 25.3 Å². The van der Waals surface area contributed by atoms with Gasteiger partial charge in [0.05, 0.1) is 0 Å². The fourth-order valence-corrected chi connectivity index (χ4v) is 4.96. The van der Waals surface area contributed by atoms with Crippen LogP contribution in [0.4, 0.5) is 4.79 Å². The Bertz CT molecular complexity index is 617.